The van der Waals surface area contributed by atoms with Crippen molar-refractivity contribution in [2.45, 2.75) is 29.6 Å². The quantitative estimate of drug-likeness (QED) is 0.634. The molecule has 86 valence electrons. The van der Waals surface area contributed by atoms with E-state index in [0.29, 0.717) is 11.8 Å². The smallest absolute Gasteiger partial charge is 0.410 e. The number of carbonyl (C=O) groups excluding carboxylic acids is 1. The van der Waals surface area contributed by atoms with E-state index in [1.54, 1.807) is 4.90 Å². The minimum absolute atomic E-state index is 0.0819. The predicted octanol–water partition coefficient (Wildman–Crippen LogP) is 2.97. The van der Waals surface area contributed by atoms with E-state index in [9.17, 15) is 4.79 Å². The van der Waals surface area contributed by atoms with Gasteiger partial charge in [0.05, 0.1) is 3.23 Å². The van der Waals surface area contributed by atoms with E-state index in [1.165, 1.54) is 0 Å². The summed E-state index contributed by atoms with van der Waals surface area (Å²) in [6, 6.07) is 0. The van der Waals surface area contributed by atoms with Gasteiger partial charge in [0.1, 0.15) is 5.60 Å². The Labute approximate surface area is 107 Å². The summed E-state index contributed by atoms with van der Waals surface area (Å²) in [5.41, 5.74) is -0.399. The van der Waals surface area contributed by atoms with Gasteiger partial charge in [-0.3, -0.25) is 0 Å². The minimum atomic E-state index is -0.399. The van der Waals surface area contributed by atoms with Gasteiger partial charge in [0.25, 0.3) is 0 Å². The van der Waals surface area contributed by atoms with Crippen LogP contribution in [-0.4, -0.2) is 32.9 Å². The highest BCUT2D eigenvalue weighted by Crippen LogP contribution is 2.65. The number of hydrogen-bond donors (Lipinski definition) is 0. The van der Waals surface area contributed by atoms with Crippen LogP contribution in [0.2, 0.25) is 0 Å². The Kier molecular flexibility index (Phi) is 2.62. The summed E-state index contributed by atoms with van der Waals surface area (Å²) in [6.07, 6.45) is -0.189. The van der Waals surface area contributed by atoms with Crippen LogP contribution in [0.3, 0.4) is 0 Å². The average molecular weight is 341 g/mol. The van der Waals surface area contributed by atoms with Crippen molar-refractivity contribution in [1.29, 1.82) is 0 Å². The van der Waals surface area contributed by atoms with Crippen LogP contribution >= 0.6 is 31.9 Å². The number of amides is 1. The molecule has 1 aliphatic heterocycles. The van der Waals surface area contributed by atoms with Crippen molar-refractivity contribution in [2.75, 3.05) is 13.1 Å². The van der Waals surface area contributed by atoms with Crippen molar-refractivity contribution >= 4 is 38.0 Å². The Morgan fingerprint density at radius 3 is 2.20 bits per heavy atom. The van der Waals surface area contributed by atoms with Gasteiger partial charge in [-0.05, 0) is 20.8 Å². The van der Waals surface area contributed by atoms with Gasteiger partial charge in [-0.1, -0.05) is 31.9 Å². The molecule has 2 aliphatic rings. The number of carbonyl (C=O) groups is 1. The van der Waals surface area contributed by atoms with Crippen molar-refractivity contribution in [2.24, 2.45) is 11.8 Å². The second kappa shape index (κ2) is 3.36. The number of rotatable bonds is 0. The zero-order chi connectivity index (χ0) is 11.4. The number of alkyl halides is 2. The van der Waals surface area contributed by atoms with Crippen LogP contribution in [0, 0.1) is 11.8 Å². The molecule has 1 heterocycles. The first-order valence-corrected chi connectivity index (χ1v) is 6.66. The summed E-state index contributed by atoms with van der Waals surface area (Å²) >= 11 is 7.21. The summed E-state index contributed by atoms with van der Waals surface area (Å²) in [5.74, 6) is 1.06. The number of ether oxygens (including phenoxy) is 1. The lowest BCUT2D eigenvalue weighted by Gasteiger charge is -2.26. The van der Waals surface area contributed by atoms with Crippen molar-refractivity contribution in [3.63, 3.8) is 0 Å². The zero-order valence-corrected chi connectivity index (χ0v) is 12.3. The molecule has 0 radical (unpaired) electrons. The number of fused-ring (bicyclic) bond motifs is 1. The second-order valence-electron chi connectivity index (χ2n) is 5.27. The van der Waals surface area contributed by atoms with E-state index >= 15 is 0 Å². The second-order valence-corrected chi connectivity index (χ2v) is 8.96. The lowest BCUT2D eigenvalue weighted by atomic mass is 10.2. The molecule has 0 aromatic rings. The molecule has 0 aromatic carbocycles. The molecule has 2 rings (SSSR count). The Bertz CT molecular complexity index is 284. The number of hydrogen-bond acceptors (Lipinski definition) is 2. The number of nitrogens with zero attached hydrogens (tertiary/aromatic N) is 1. The molecular formula is C10H15Br2NO2. The standard InChI is InChI=1S/C10H15Br2NO2/c1-9(2,3)15-8(14)13-4-6-7(5-13)10(6,11)12/h6-7H,4-5H2,1-3H3. The van der Waals surface area contributed by atoms with E-state index in [4.69, 9.17) is 4.74 Å². The van der Waals surface area contributed by atoms with Gasteiger partial charge < -0.3 is 9.64 Å². The third kappa shape index (κ3) is 2.18. The molecule has 5 heteroatoms. The fourth-order valence-corrected chi connectivity index (χ4v) is 3.57. The molecule has 1 saturated heterocycles. The van der Waals surface area contributed by atoms with Crippen LogP contribution in [0.25, 0.3) is 0 Å². The molecule has 0 aromatic heterocycles. The van der Waals surface area contributed by atoms with Gasteiger partial charge in [-0.25, -0.2) is 4.79 Å². The van der Waals surface area contributed by atoms with E-state index in [2.05, 4.69) is 31.9 Å². The summed E-state index contributed by atoms with van der Waals surface area (Å²) in [4.78, 5) is 13.5. The van der Waals surface area contributed by atoms with E-state index in [0.717, 1.165) is 13.1 Å². The van der Waals surface area contributed by atoms with Gasteiger partial charge in [0.2, 0.25) is 0 Å². The molecule has 15 heavy (non-hydrogen) atoms. The molecule has 1 aliphatic carbocycles. The maximum absolute atomic E-state index is 11.7. The van der Waals surface area contributed by atoms with Crippen LogP contribution in [0.4, 0.5) is 4.79 Å². The largest absolute Gasteiger partial charge is 0.444 e. The van der Waals surface area contributed by atoms with Gasteiger partial charge in [0.15, 0.2) is 0 Å². The van der Waals surface area contributed by atoms with Crippen LogP contribution in [0.1, 0.15) is 20.8 Å². The molecule has 0 bridgehead atoms. The van der Waals surface area contributed by atoms with Gasteiger partial charge in [-0.2, -0.15) is 0 Å². The van der Waals surface area contributed by atoms with Crippen molar-refractivity contribution in [3.05, 3.63) is 0 Å². The SMILES string of the molecule is CC(C)(C)OC(=O)N1CC2C(C1)C2(Br)Br. The Morgan fingerprint density at radius 2 is 1.80 bits per heavy atom. The van der Waals surface area contributed by atoms with Gasteiger partial charge in [-0.15, -0.1) is 0 Å². The van der Waals surface area contributed by atoms with E-state index < -0.39 is 5.60 Å². The Morgan fingerprint density at radius 1 is 1.33 bits per heavy atom. The molecular weight excluding hydrogens is 326 g/mol. The molecule has 2 fully saturated rings. The third-order valence-electron chi connectivity index (χ3n) is 2.85. The summed E-state index contributed by atoms with van der Waals surface area (Å²) in [5, 5.41) is 0. The molecule has 1 amide bonds. The highest BCUT2D eigenvalue weighted by molar-refractivity contribution is 9.25. The normalized spacial score (nSPS) is 32.5. The monoisotopic (exact) mass is 339 g/mol. The number of piperidine rings is 1. The molecule has 0 spiro atoms. The molecule has 0 N–H and O–H groups in total. The molecule has 1 saturated carbocycles. The van der Waals surface area contributed by atoms with Gasteiger partial charge in [0, 0.05) is 24.9 Å². The van der Waals surface area contributed by atoms with Crippen LogP contribution in [-0.2, 0) is 4.74 Å². The lowest BCUT2D eigenvalue weighted by molar-refractivity contribution is 0.0274. The number of likely N-dealkylation sites (tertiary alicyclic amines) is 1. The molecule has 2 unspecified atom stereocenters. The highest BCUT2D eigenvalue weighted by atomic mass is 79.9. The Hall–Kier alpha value is 0.230. The summed E-state index contributed by atoms with van der Waals surface area (Å²) in [7, 11) is 0. The first-order valence-electron chi connectivity index (χ1n) is 5.07. The zero-order valence-electron chi connectivity index (χ0n) is 9.09. The fourth-order valence-electron chi connectivity index (χ4n) is 1.98. The highest BCUT2D eigenvalue weighted by Gasteiger charge is 2.66. The number of halogens is 2. The van der Waals surface area contributed by atoms with Crippen LogP contribution in [0.5, 0.6) is 0 Å². The Balaban J connectivity index is 1.87. The first kappa shape index (κ1) is 11.7. The van der Waals surface area contributed by atoms with Gasteiger partial charge >= 0.3 is 6.09 Å². The van der Waals surface area contributed by atoms with Crippen molar-refractivity contribution in [3.8, 4) is 0 Å². The third-order valence-corrected chi connectivity index (χ3v) is 5.20. The minimum Gasteiger partial charge on any atom is -0.444 e. The summed E-state index contributed by atoms with van der Waals surface area (Å²) < 4.78 is 5.40. The topological polar surface area (TPSA) is 29.5 Å². The first-order chi connectivity index (χ1) is 6.72. The maximum Gasteiger partial charge on any atom is 0.410 e. The van der Waals surface area contributed by atoms with Crippen molar-refractivity contribution < 1.29 is 9.53 Å². The predicted molar refractivity (Wildman–Crippen MR) is 65.4 cm³/mol. The molecule has 3 nitrogen and oxygen atoms in total. The van der Waals surface area contributed by atoms with E-state index in [1.807, 2.05) is 20.8 Å². The van der Waals surface area contributed by atoms with Crippen LogP contribution < -0.4 is 0 Å². The average Bonchev–Trinajstić information content (AvgIpc) is 2.47. The van der Waals surface area contributed by atoms with E-state index in [-0.39, 0.29) is 9.33 Å². The maximum atomic E-state index is 11.7. The fraction of sp³-hybridized carbons (Fsp3) is 0.900. The van der Waals surface area contributed by atoms with Crippen LogP contribution in [0.15, 0.2) is 0 Å². The lowest BCUT2D eigenvalue weighted by Crippen LogP contribution is -2.37. The summed E-state index contributed by atoms with van der Waals surface area (Å²) in [6.45, 7) is 7.25. The van der Waals surface area contributed by atoms with Crippen molar-refractivity contribution in [1.82, 2.24) is 4.90 Å². The molecule has 2 atom stereocenters.